The highest BCUT2D eigenvalue weighted by molar-refractivity contribution is 9.10. The van der Waals surface area contributed by atoms with E-state index < -0.39 is 0 Å². The van der Waals surface area contributed by atoms with Gasteiger partial charge in [-0.2, -0.15) is 0 Å². The maximum absolute atomic E-state index is 13.9. The van der Waals surface area contributed by atoms with Crippen molar-refractivity contribution in [2.75, 3.05) is 5.33 Å². The minimum atomic E-state index is -0.188. The smallest absolute Gasteiger partial charge is 0.127 e. The summed E-state index contributed by atoms with van der Waals surface area (Å²) in [7, 11) is 0. The van der Waals surface area contributed by atoms with E-state index in [1.165, 1.54) is 6.07 Å². The standard InChI is InChI=1S/C15H12Br2ClF/c16-9-11(13-3-1-2-4-14(13)18)7-10-5-6-12(17)8-15(10)19/h1-6,8,11H,7,9H2. The third-order valence-corrected chi connectivity index (χ3v) is 4.63. The molecule has 0 nitrogen and oxygen atoms in total. The molecule has 0 saturated carbocycles. The molecule has 1 unspecified atom stereocenters. The Morgan fingerprint density at radius 1 is 1.16 bits per heavy atom. The topological polar surface area (TPSA) is 0 Å². The van der Waals surface area contributed by atoms with Crippen LogP contribution in [-0.4, -0.2) is 5.33 Å². The highest BCUT2D eigenvalue weighted by Crippen LogP contribution is 2.30. The lowest BCUT2D eigenvalue weighted by Gasteiger charge is -2.16. The van der Waals surface area contributed by atoms with Gasteiger partial charge in [-0.05, 0) is 41.7 Å². The molecule has 0 bridgehead atoms. The maximum Gasteiger partial charge on any atom is 0.127 e. The van der Waals surface area contributed by atoms with E-state index in [0.717, 1.165) is 20.4 Å². The Morgan fingerprint density at radius 3 is 2.53 bits per heavy atom. The van der Waals surface area contributed by atoms with Crippen LogP contribution in [0.25, 0.3) is 0 Å². The van der Waals surface area contributed by atoms with E-state index in [-0.39, 0.29) is 11.7 Å². The summed E-state index contributed by atoms with van der Waals surface area (Å²) in [6.45, 7) is 0. The van der Waals surface area contributed by atoms with Crippen LogP contribution in [0, 0.1) is 5.82 Å². The monoisotopic (exact) mass is 404 g/mol. The summed E-state index contributed by atoms with van der Waals surface area (Å²) in [6.07, 6.45) is 0.619. The van der Waals surface area contributed by atoms with Crippen molar-refractivity contribution in [3.8, 4) is 0 Å². The molecule has 0 aliphatic carbocycles. The van der Waals surface area contributed by atoms with Gasteiger partial charge in [0.05, 0.1) is 0 Å². The first-order valence-corrected chi connectivity index (χ1v) is 8.15. The van der Waals surface area contributed by atoms with Crippen molar-refractivity contribution < 1.29 is 4.39 Å². The van der Waals surface area contributed by atoms with Gasteiger partial charge in [0.25, 0.3) is 0 Å². The van der Waals surface area contributed by atoms with Crippen molar-refractivity contribution >= 4 is 43.5 Å². The van der Waals surface area contributed by atoms with Crippen molar-refractivity contribution in [2.24, 2.45) is 0 Å². The lowest BCUT2D eigenvalue weighted by molar-refractivity contribution is 0.598. The van der Waals surface area contributed by atoms with E-state index >= 15 is 0 Å². The zero-order valence-electron chi connectivity index (χ0n) is 10.0. The molecule has 2 aromatic rings. The molecule has 0 N–H and O–H groups in total. The predicted molar refractivity (Wildman–Crippen MR) is 85.8 cm³/mol. The number of halogens is 4. The minimum Gasteiger partial charge on any atom is -0.207 e. The van der Waals surface area contributed by atoms with Gasteiger partial charge in [0.15, 0.2) is 0 Å². The van der Waals surface area contributed by atoms with Crippen LogP contribution in [-0.2, 0) is 6.42 Å². The van der Waals surface area contributed by atoms with E-state index in [1.54, 1.807) is 0 Å². The van der Waals surface area contributed by atoms with Gasteiger partial charge in [0.1, 0.15) is 5.82 Å². The third-order valence-electron chi connectivity index (χ3n) is 3.01. The van der Waals surface area contributed by atoms with Crippen LogP contribution in [0.15, 0.2) is 46.9 Å². The van der Waals surface area contributed by atoms with Crippen LogP contribution < -0.4 is 0 Å². The molecule has 100 valence electrons. The molecule has 0 radical (unpaired) electrons. The molecule has 0 heterocycles. The number of alkyl halides is 1. The normalized spacial score (nSPS) is 12.4. The summed E-state index contributed by atoms with van der Waals surface area (Å²) in [5, 5.41) is 1.47. The second kappa shape index (κ2) is 6.87. The molecule has 0 aliphatic heterocycles. The third kappa shape index (κ3) is 3.80. The molecule has 19 heavy (non-hydrogen) atoms. The molecule has 4 heteroatoms. The number of rotatable bonds is 4. The molecular weight excluding hydrogens is 394 g/mol. The fourth-order valence-electron chi connectivity index (χ4n) is 2.01. The van der Waals surface area contributed by atoms with Crippen LogP contribution in [0.3, 0.4) is 0 Å². The first-order valence-electron chi connectivity index (χ1n) is 5.86. The average Bonchev–Trinajstić information content (AvgIpc) is 2.39. The fraction of sp³-hybridized carbons (Fsp3) is 0.200. The Balaban J connectivity index is 2.27. The largest absolute Gasteiger partial charge is 0.207 e. The summed E-state index contributed by atoms with van der Waals surface area (Å²) < 4.78 is 14.6. The lowest BCUT2D eigenvalue weighted by Crippen LogP contribution is -2.06. The number of hydrogen-bond acceptors (Lipinski definition) is 0. The highest BCUT2D eigenvalue weighted by atomic mass is 79.9. The highest BCUT2D eigenvalue weighted by Gasteiger charge is 2.16. The first kappa shape index (κ1) is 15.0. The number of hydrogen-bond donors (Lipinski definition) is 0. The molecule has 0 aliphatic rings. The lowest BCUT2D eigenvalue weighted by atomic mass is 9.93. The Kier molecular flexibility index (Phi) is 5.43. The molecule has 0 spiro atoms. The van der Waals surface area contributed by atoms with E-state index in [2.05, 4.69) is 31.9 Å². The molecule has 2 aromatic carbocycles. The van der Waals surface area contributed by atoms with Crippen LogP contribution in [0.2, 0.25) is 5.02 Å². The van der Waals surface area contributed by atoms with Gasteiger partial charge in [-0.15, -0.1) is 0 Å². The molecule has 0 aromatic heterocycles. The van der Waals surface area contributed by atoms with Crippen LogP contribution in [0.5, 0.6) is 0 Å². The van der Waals surface area contributed by atoms with E-state index in [1.807, 2.05) is 36.4 Å². The quantitative estimate of drug-likeness (QED) is 0.550. The molecule has 0 amide bonds. The minimum absolute atomic E-state index is 0.157. The molecule has 0 saturated heterocycles. The second-order valence-electron chi connectivity index (χ2n) is 4.31. The Labute approximate surface area is 134 Å². The van der Waals surface area contributed by atoms with Crippen molar-refractivity contribution in [1.29, 1.82) is 0 Å². The van der Waals surface area contributed by atoms with Gasteiger partial charge in [0.2, 0.25) is 0 Å². The van der Waals surface area contributed by atoms with E-state index in [0.29, 0.717) is 12.0 Å². The van der Waals surface area contributed by atoms with Crippen LogP contribution in [0.4, 0.5) is 4.39 Å². The first-order chi connectivity index (χ1) is 9.11. The molecular formula is C15H12Br2ClF. The van der Waals surface area contributed by atoms with Gasteiger partial charge in [-0.3, -0.25) is 0 Å². The summed E-state index contributed by atoms with van der Waals surface area (Å²) in [4.78, 5) is 0. The zero-order valence-corrected chi connectivity index (χ0v) is 14.0. The van der Waals surface area contributed by atoms with Gasteiger partial charge in [-0.25, -0.2) is 4.39 Å². The summed E-state index contributed by atoms with van der Waals surface area (Å²) in [6, 6.07) is 12.9. The molecule has 2 rings (SSSR count). The van der Waals surface area contributed by atoms with Gasteiger partial charge >= 0.3 is 0 Å². The Bertz CT molecular complexity index is 572. The Morgan fingerprint density at radius 2 is 1.89 bits per heavy atom. The van der Waals surface area contributed by atoms with E-state index in [4.69, 9.17) is 11.6 Å². The van der Waals surface area contributed by atoms with Crippen molar-refractivity contribution in [3.63, 3.8) is 0 Å². The summed E-state index contributed by atoms with van der Waals surface area (Å²) >= 11 is 13.0. The molecule has 1 atom stereocenters. The van der Waals surface area contributed by atoms with E-state index in [9.17, 15) is 4.39 Å². The van der Waals surface area contributed by atoms with Gasteiger partial charge in [-0.1, -0.05) is 67.7 Å². The van der Waals surface area contributed by atoms with Crippen molar-refractivity contribution in [3.05, 3.63) is 68.9 Å². The van der Waals surface area contributed by atoms with Gasteiger partial charge in [0, 0.05) is 14.8 Å². The maximum atomic E-state index is 13.9. The molecule has 0 fully saturated rings. The van der Waals surface area contributed by atoms with Gasteiger partial charge < -0.3 is 0 Å². The summed E-state index contributed by atoms with van der Waals surface area (Å²) in [5.74, 6) is -0.0308. The predicted octanol–water partition coefficient (Wildman–Crippen LogP) is 5.96. The van der Waals surface area contributed by atoms with Crippen molar-refractivity contribution in [1.82, 2.24) is 0 Å². The average molecular weight is 407 g/mol. The van der Waals surface area contributed by atoms with Crippen LogP contribution in [0.1, 0.15) is 17.0 Å². The van der Waals surface area contributed by atoms with Crippen molar-refractivity contribution in [2.45, 2.75) is 12.3 Å². The number of benzene rings is 2. The SMILES string of the molecule is Fc1cc(Br)ccc1CC(CBr)c1ccccc1Cl. The summed E-state index contributed by atoms with van der Waals surface area (Å²) in [5.41, 5.74) is 1.75. The fourth-order valence-corrected chi connectivity index (χ4v) is 3.21. The van der Waals surface area contributed by atoms with Crippen LogP contribution >= 0.6 is 43.5 Å². The second-order valence-corrected chi connectivity index (χ2v) is 6.28. The Hall–Kier alpha value is -0.380. The zero-order chi connectivity index (χ0) is 13.8.